The molecule has 14 heavy (non-hydrogen) atoms. The molecule has 0 aliphatic heterocycles. The van der Waals surface area contributed by atoms with Gasteiger partial charge in [0.2, 0.25) is 0 Å². The number of hydrogen-bond donors (Lipinski definition) is 0. The fourth-order valence-electron chi connectivity index (χ4n) is 1.49. The second kappa shape index (κ2) is 3.89. The molecule has 2 aromatic rings. The molecule has 0 bridgehead atoms. The van der Waals surface area contributed by atoms with Gasteiger partial charge in [0.25, 0.3) is 0 Å². The molecule has 0 spiro atoms. The molecule has 0 unspecified atom stereocenters. The average Bonchev–Trinajstić information content (AvgIpc) is 2.64. The number of nitrogens with zero attached hydrogens (tertiary/aromatic N) is 1. The van der Waals surface area contributed by atoms with Gasteiger partial charge in [0.15, 0.2) is 0 Å². The molecule has 1 aromatic carbocycles. The van der Waals surface area contributed by atoms with E-state index in [9.17, 15) is 0 Å². The van der Waals surface area contributed by atoms with E-state index in [4.69, 9.17) is 11.6 Å². The highest BCUT2D eigenvalue weighted by Gasteiger charge is 1.97. The van der Waals surface area contributed by atoms with Crippen LogP contribution in [0.15, 0.2) is 42.7 Å². The highest BCUT2D eigenvalue weighted by Crippen LogP contribution is 2.16. The zero-order valence-corrected chi connectivity index (χ0v) is 8.83. The molecule has 0 saturated heterocycles. The first-order valence-electron chi connectivity index (χ1n) is 4.61. The highest BCUT2D eigenvalue weighted by atomic mass is 35.5. The van der Waals surface area contributed by atoms with Crippen molar-refractivity contribution in [3.8, 4) is 0 Å². The van der Waals surface area contributed by atoms with Gasteiger partial charge < -0.3 is 4.57 Å². The lowest BCUT2D eigenvalue weighted by Crippen LogP contribution is -1.96. The Balaban J connectivity index is 2.22. The van der Waals surface area contributed by atoms with E-state index in [1.54, 1.807) is 0 Å². The molecule has 0 atom stereocenters. The number of halogens is 1. The molecule has 0 aliphatic rings. The predicted molar refractivity (Wildman–Crippen MR) is 59.7 cm³/mol. The predicted octanol–water partition coefficient (Wildman–Crippen LogP) is 3.50. The number of rotatable bonds is 2. The minimum atomic E-state index is 0.834. The largest absolute Gasteiger partial charge is 0.350 e. The smallest absolute Gasteiger partial charge is 0.0470 e. The van der Waals surface area contributed by atoms with Gasteiger partial charge in [-0.3, -0.25) is 0 Å². The first-order valence-corrected chi connectivity index (χ1v) is 4.99. The van der Waals surface area contributed by atoms with Crippen LogP contribution in [0.1, 0.15) is 11.1 Å². The zero-order chi connectivity index (χ0) is 9.97. The fraction of sp³-hybridized carbons (Fsp3) is 0.167. The van der Waals surface area contributed by atoms with Crippen LogP contribution in [0.2, 0.25) is 5.02 Å². The van der Waals surface area contributed by atoms with Crippen LogP contribution in [0, 0.1) is 6.92 Å². The van der Waals surface area contributed by atoms with E-state index >= 15 is 0 Å². The summed E-state index contributed by atoms with van der Waals surface area (Å²) in [6, 6.07) is 10.2. The summed E-state index contributed by atoms with van der Waals surface area (Å²) in [5.74, 6) is 0. The number of hydrogen-bond acceptors (Lipinski definition) is 0. The van der Waals surface area contributed by atoms with E-state index in [2.05, 4.69) is 29.1 Å². The lowest BCUT2D eigenvalue weighted by atomic mass is 10.1. The third kappa shape index (κ3) is 1.99. The van der Waals surface area contributed by atoms with Crippen molar-refractivity contribution in [2.45, 2.75) is 13.5 Å². The Kier molecular flexibility index (Phi) is 2.60. The minimum Gasteiger partial charge on any atom is -0.350 e. The van der Waals surface area contributed by atoms with Gasteiger partial charge in [0.05, 0.1) is 0 Å². The van der Waals surface area contributed by atoms with Crippen LogP contribution < -0.4 is 0 Å². The second-order valence-corrected chi connectivity index (χ2v) is 3.85. The van der Waals surface area contributed by atoms with Gasteiger partial charge in [-0.2, -0.15) is 0 Å². The molecule has 72 valence electrons. The van der Waals surface area contributed by atoms with Crippen LogP contribution in [-0.4, -0.2) is 4.57 Å². The van der Waals surface area contributed by atoms with E-state index in [0.29, 0.717) is 0 Å². The fourth-order valence-corrected chi connectivity index (χ4v) is 1.61. The van der Waals surface area contributed by atoms with Crippen molar-refractivity contribution >= 4 is 11.6 Å². The van der Waals surface area contributed by atoms with E-state index in [-0.39, 0.29) is 0 Å². The van der Waals surface area contributed by atoms with Crippen LogP contribution in [0.4, 0.5) is 0 Å². The minimum absolute atomic E-state index is 0.834. The summed E-state index contributed by atoms with van der Waals surface area (Å²) in [5, 5.41) is 0.834. The molecule has 0 amide bonds. The first-order chi connectivity index (χ1) is 6.75. The Morgan fingerprint density at radius 1 is 1.21 bits per heavy atom. The highest BCUT2D eigenvalue weighted by molar-refractivity contribution is 6.31. The summed E-state index contributed by atoms with van der Waals surface area (Å²) < 4.78 is 2.14. The summed E-state index contributed by atoms with van der Waals surface area (Å²) >= 11 is 5.96. The molecule has 2 heteroatoms. The Morgan fingerprint density at radius 3 is 2.57 bits per heavy atom. The summed E-state index contributed by atoms with van der Waals surface area (Å²) in [6.07, 6.45) is 4.12. The maximum absolute atomic E-state index is 5.96. The SMILES string of the molecule is Cc1cc(Cn2cccc2)ccc1Cl. The lowest BCUT2D eigenvalue weighted by Gasteiger charge is -2.05. The van der Waals surface area contributed by atoms with Crippen molar-refractivity contribution in [2.24, 2.45) is 0 Å². The molecule has 1 aromatic heterocycles. The Hall–Kier alpha value is -1.21. The van der Waals surface area contributed by atoms with Gasteiger partial charge in [-0.25, -0.2) is 0 Å². The monoisotopic (exact) mass is 205 g/mol. The maximum atomic E-state index is 5.96. The molecule has 1 nitrogen and oxygen atoms in total. The first kappa shape index (κ1) is 9.35. The topological polar surface area (TPSA) is 4.93 Å². The van der Waals surface area contributed by atoms with E-state index in [1.807, 2.05) is 25.1 Å². The molecule has 1 heterocycles. The molecule has 0 fully saturated rings. The standard InChI is InChI=1S/C12H12ClN/c1-10-8-11(4-5-12(10)13)9-14-6-2-3-7-14/h2-8H,9H2,1H3. The quantitative estimate of drug-likeness (QED) is 0.707. The average molecular weight is 206 g/mol. The van der Waals surface area contributed by atoms with Gasteiger partial charge in [-0.1, -0.05) is 23.7 Å². The molecular formula is C12H12ClN. The van der Waals surface area contributed by atoms with Crippen molar-refractivity contribution in [3.63, 3.8) is 0 Å². The van der Waals surface area contributed by atoms with Crippen LogP contribution in [0.3, 0.4) is 0 Å². The van der Waals surface area contributed by atoms with Crippen LogP contribution in [0.25, 0.3) is 0 Å². The number of aryl methyl sites for hydroxylation is 1. The van der Waals surface area contributed by atoms with Crippen molar-refractivity contribution in [1.82, 2.24) is 4.57 Å². The number of benzene rings is 1. The molecule has 0 saturated carbocycles. The van der Waals surface area contributed by atoms with Gasteiger partial charge in [-0.05, 0) is 36.2 Å². The third-order valence-corrected chi connectivity index (χ3v) is 2.68. The Labute approximate surface area is 88.9 Å². The molecule has 0 radical (unpaired) electrons. The zero-order valence-electron chi connectivity index (χ0n) is 8.07. The van der Waals surface area contributed by atoms with Gasteiger partial charge in [-0.15, -0.1) is 0 Å². The van der Waals surface area contributed by atoms with Crippen LogP contribution >= 0.6 is 11.6 Å². The van der Waals surface area contributed by atoms with Gasteiger partial charge >= 0.3 is 0 Å². The summed E-state index contributed by atoms with van der Waals surface area (Å²) in [4.78, 5) is 0. The summed E-state index contributed by atoms with van der Waals surface area (Å²) in [6.45, 7) is 2.94. The molecule has 0 aliphatic carbocycles. The van der Waals surface area contributed by atoms with Gasteiger partial charge in [0.1, 0.15) is 0 Å². The molecule has 0 N–H and O–H groups in total. The van der Waals surface area contributed by atoms with E-state index in [1.165, 1.54) is 5.56 Å². The molecular weight excluding hydrogens is 194 g/mol. The number of aromatic nitrogens is 1. The van der Waals surface area contributed by atoms with Crippen LogP contribution in [0.5, 0.6) is 0 Å². The van der Waals surface area contributed by atoms with Crippen molar-refractivity contribution in [1.29, 1.82) is 0 Å². The van der Waals surface area contributed by atoms with E-state index in [0.717, 1.165) is 17.1 Å². The normalized spacial score (nSPS) is 10.4. The van der Waals surface area contributed by atoms with Crippen LogP contribution in [-0.2, 0) is 6.54 Å². The lowest BCUT2D eigenvalue weighted by molar-refractivity contribution is 0.805. The van der Waals surface area contributed by atoms with Crippen molar-refractivity contribution < 1.29 is 0 Å². The van der Waals surface area contributed by atoms with Gasteiger partial charge in [0, 0.05) is 24.0 Å². The third-order valence-electron chi connectivity index (χ3n) is 2.25. The van der Waals surface area contributed by atoms with E-state index < -0.39 is 0 Å². The second-order valence-electron chi connectivity index (χ2n) is 3.44. The van der Waals surface area contributed by atoms with Crippen molar-refractivity contribution in [3.05, 3.63) is 58.9 Å². The Morgan fingerprint density at radius 2 is 1.93 bits per heavy atom. The summed E-state index contributed by atoms with van der Waals surface area (Å²) in [7, 11) is 0. The summed E-state index contributed by atoms with van der Waals surface area (Å²) in [5.41, 5.74) is 2.42. The Bertz CT molecular complexity index is 418. The maximum Gasteiger partial charge on any atom is 0.0470 e. The van der Waals surface area contributed by atoms with Crippen molar-refractivity contribution in [2.75, 3.05) is 0 Å². The molecule has 2 rings (SSSR count).